The first kappa shape index (κ1) is 14.6. The number of ether oxygens (including phenoxy) is 1. The van der Waals surface area contributed by atoms with Crippen LogP contribution in [-0.2, 0) is 4.74 Å². The van der Waals surface area contributed by atoms with Gasteiger partial charge in [-0.1, -0.05) is 18.1 Å². The van der Waals surface area contributed by atoms with Gasteiger partial charge in [0, 0.05) is 12.2 Å². The molecule has 0 fully saturated rings. The minimum atomic E-state index is -0.450. The van der Waals surface area contributed by atoms with Gasteiger partial charge in [0.1, 0.15) is 5.82 Å². The Morgan fingerprint density at radius 3 is 2.95 bits per heavy atom. The molecule has 2 aromatic rings. The van der Waals surface area contributed by atoms with E-state index in [2.05, 4.69) is 10.1 Å². The molecule has 0 saturated carbocycles. The van der Waals surface area contributed by atoms with E-state index >= 15 is 0 Å². The smallest absolute Gasteiger partial charge is 0.258 e. The van der Waals surface area contributed by atoms with Crippen molar-refractivity contribution >= 4 is 0 Å². The molecule has 2 N–H and O–H groups in total. The summed E-state index contributed by atoms with van der Waals surface area (Å²) in [5, 5.41) is 3.81. The summed E-state index contributed by atoms with van der Waals surface area (Å²) in [4.78, 5) is 4.18. The van der Waals surface area contributed by atoms with Crippen molar-refractivity contribution in [2.45, 2.75) is 26.3 Å². The van der Waals surface area contributed by atoms with Gasteiger partial charge in [-0.2, -0.15) is 4.98 Å². The second kappa shape index (κ2) is 6.58. The minimum Gasteiger partial charge on any atom is -0.379 e. The van der Waals surface area contributed by atoms with Gasteiger partial charge < -0.3 is 15.0 Å². The molecule has 0 aliphatic rings. The molecule has 108 valence electrons. The molecule has 6 heteroatoms. The number of benzene rings is 1. The predicted molar refractivity (Wildman–Crippen MR) is 72.5 cm³/mol. The van der Waals surface area contributed by atoms with Crippen LogP contribution in [-0.4, -0.2) is 23.4 Å². The third-order valence-corrected chi connectivity index (χ3v) is 2.84. The molecule has 0 radical (unpaired) electrons. The number of nitrogens with two attached hydrogens (primary N) is 1. The number of nitrogens with zero attached hydrogens (tertiary/aromatic N) is 2. The fourth-order valence-corrected chi connectivity index (χ4v) is 1.66. The van der Waals surface area contributed by atoms with Gasteiger partial charge >= 0.3 is 0 Å². The lowest BCUT2D eigenvalue weighted by molar-refractivity contribution is 0.119. The van der Waals surface area contributed by atoms with Crippen molar-refractivity contribution in [1.82, 2.24) is 10.1 Å². The highest BCUT2D eigenvalue weighted by atomic mass is 19.1. The quantitative estimate of drug-likeness (QED) is 0.823. The molecule has 0 aliphatic carbocycles. The molecule has 1 heterocycles. The van der Waals surface area contributed by atoms with Crippen LogP contribution >= 0.6 is 0 Å². The average molecular weight is 279 g/mol. The standard InChI is InChI=1S/C14H18FN3O2/c1-3-6-19-8-12(16)13-17-14(20-18-13)10-5-4-9(2)11(15)7-10/h4-5,7,12H,3,6,8,16H2,1-2H3. The molecule has 1 unspecified atom stereocenters. The summed E-state index contributed by atoms with van der Waals surface area (Å²) in [6, 6.07) is 4.31. The molecular formula is C14H18FN3O2. The summed E-state index contributed by atoms with van der Waals surface area (Å²) in [6.07, 6.45) is 0.923. The Bertz CT molecular complexity index is 571. The third kappa shape index (κ3) is 3.40. The molecule has 0 spiro atoms. The Balaban J connectivity index is 2.09. The molecule has 1 aromatic heterocycles. The van der Waals surface area contributed by atoms with Crippen LogP contribution in [0.2, 0.25) is 0 Å². The number of aryl methyl sites for hydroxylation is 1. The zero-order chi connectivity index (χ0) is 14.5. The SMILES string of the molecule is CCCOCC(N)c1noc(-c2ccc(C)c(F)c2)n1. The van der Waals surface area contributed by atoms with Crippen molar-refractivity contribution in [2.75, 3.05) is 13.2 Å². The van der Waals surface area contributed by atoms with Crippen LogP contribution in [0.25, 0.3) is 11.5 Å². The molecule has 5 nitrogen and oxygen atoms in total. The van der Waals surface area contributed by atoms with Gasteiger partial charge in [-0.15, -0.1) is 0 Å². The molecular weight excluding hydrogens is 261 g/mol. The monoisotopic (exact) mass is 279 g/mol. The van der Waals surface area contributed by atoms with Crippen LogP contribution in [0.4, 0.5) is 4.39 Å². The first-order chi connectivity index (χ1) is 9.61. The number of hydrogen-bond acceptors (Lipinski definition) is 5. The highest BCUT2D eigenvalue weighted by Gasteiger charge is 2.16. The fraction of sp³-hybridized carbons (Fsp3) is 0.429. The molecule has 0 saturated heterocycles. The van der Waals surface area contributed by atoms with Crippen LogP contribution in [0.3, 0.4) is 0 Å². The van der Waals surface area contributed by atoms with Crippen LogP contribution in [0.5, 0.6) is 0 Å². The predicted octanol–water partition coefficient (Wildman–Crippen LogP) is 2.61. The summed E-state index contributed by atoms with van der Waals surface area (Å²) < 4.78 is 24.0. The number of aromatic nitrogens is 2. The first-order valence-electron chi connectivity index (χ1n) is 6.55. The lowest BCUT2D eigenvalue weighted by Crippen LogP contribution is -2.18. The maximum absolute atomic E-state index is 13.5. The first-order valence-corrected chi connectivity index (χ1v) is 6.55. The van der Waals surface area contributed by atoms with Crippen LogP contribution in [0.15, 0.2) is 22.7 Å². The van der Waals surface area contributed by atoms with Gasteiger partial charge in [0.2, 0.25) is 0 Å². The lowest BCUT2D eigenvalue weighted by atomic mass is 10.1. The Morgan fingerprint density at radius 2 is 2.25 bits per heavy atom. The average Bonchev–Trinajstić information content (AvgIpc) is 2.92. The van der Waals surface area contributed by atoms with Gasteiger partial charge in [0.05, 0.1) is 12.6 Å². The summed E-state index contributed by atoms with van der Waals surface area (Å²) in [6.45, 7) is 4.68. The van der Waals surface area contributed by atoms with Gasteiger partial charge in [-0.05, 0) is 31.0 Å². The Labute approximate surface area is 116 Å². The maximum atomic E-state index is 13.5. The van der Waals surface area contributed by atoms with Crippen molar-refractivity contribution in [3.8, 4) is 11.5 Å². The fourth-order valence-electron chi connectivity index (χ4n) is 1.66. The zero-order valence-corrected chi connectivity index (χ0v) is 11.6. The molecule has 1 atom stereocenters. The van der Waals surface area contributed by atoms with E-state index in [1.54, 1.807) is 19.1 Å². The van der Waals surface area contributed by atoms with E-state index in [-0.39, 0.29) is 11.7 Å². The number of halogens is 1. The largest absolute Gasteiger partial charge is 0.379 e. The molecule has 1 aromatic carbocycles. The zero-order valence-electron chi connectivity index (χ0n) is 11.6. The lowest BCUT2D eigenvalue weighted by Gasteiger charge is -2.06. The van der Waals surface area contributed by atoms with E-state index in [1.807, 2.05) is 6.92 Å². The second-order valence-corrected chi connectivity index (χ2v) is 4.60. The van der Waals surface area contributed by atoms with Crippen molar-refractivity contribution in [1.29, 1.82) is 0 Å². The van der Waals surface area contributed by atoms with E-state index in [0.29, 0.717) is 30.2 Å². The third-order valence-electron chi connectivity index (χ3n) is 2.84. The van der Waals surface area contributed by atoms with Gasteiger partial charge in [0.15, 0.2) is 5.82 Å². The van der Waals surface area contributed by atoms with Crippen molar-refractivity contribution in [2.24, 2.45) is 5.73 Å². The highest BCUT2D eigenvalue weighted by Crippen LogP contribution is 2.21. The van der Waals surface area contributed by atoms with Crippen LogP contribution in [0.1, 0.15) is 30.8 Å². The summed E-state index contributed by atoms with van der Waals surface area (Å²) >= 11 is 0. The van der Waals surface area contributed by atoms with E-state index < -0.39 is 6.04 Å². The summed E-state index contributed by atoms with van der Waals surface area (Å²) in [5.74, 6) is 0.305. The molecule has 0 bridgehead atoms. The van der Waals surface area contributed by atoms with Gasteiger partial charge in [-0.3, -0.25) is 0 Å². The molecule has 0 amide bonds. The Kier molecular flexibility index (Phi) is 4.81. The van der Waals surface area contributed by atoms with E-state index in [1.165, 1.54) is 6.07 Å². The normalized spacial score (nSPS) is 12.6. The van der Waals surface area contributed by atoms with E-state index in [4.69, 9.17) is 15.0 Å². The summed E-state index contributed by atoms with van der Waals surface area (Å²) in [5.41, 5.74) is 7.00. The van der Waals surface area contributed by atoms with E-state index in [0.717, 1.165) is 6.42 Å². The highest BCUT2D eigenvalue weighted by molar-refractivity contribution is 5.53. The van der Waals surface area contributed by atoms with Crippen molar-refractivity contribution in [3.63, 3.8) is 0 Å². The van der Waals surface area contributed by atoms with Crippen LogP contribution < -0.4 is 5.73 Å². The number of rotatable bonds is 6. The van der Waals surface area contributed by atoms with E-state index in [9.17, 15) is 4.39 Å². The Hall–Kier alpha value is -1.79. The van der Waals surface area contributed by atoms with Crippen LogP contribution in [0, 0.1) is 12.7 Å². The second-order valence-electron chi connectivity index (χ2n) is 4.60. The molecule has 20 heavy (non-hydrogen) atoms. The van der Waals surface area contributed by atoms with Gasteiger partial charge in [0.25, 0.3) is 5.89 Å². The van der Waals surface area contributed by atoms with Crippen molar-refractivity contribution in [3.05, 3.63) is 35.4 Å². The van der Waals surface area contributed by atoms with Gasteiger partial charge in [-0.25, -0.2) is 4.39 Å². The van der Waals surface area contributed by atoms with Crippen molar-refractivity contribution < 1.29 is 13.7 Å². The summed E-state index contributed by atoms with van der Waals surface area (Å²) in [7, 11) is 0. The molecule has 2 rings (SSSR count). The minimum absolute atomic E-state index is 0.254. The molecule has 0 aliphatic heterocycles. The Morgan fingerprint density at radius 1 is 1.45 bits per heavy atom. The maximum Gasteiger partial charge on any atom is 0.258 e. The topological polar surface area (TPSA) is 74.2 Å². The number of hydrogen-bond donors (Lipinski definition) is 1.